The Labute approximate surface area is 85.1 Å². The molecular weight excluding hydrogens is 156 g/mol. The van der Waals surface area contributed by atoms with Gasteiger partial charge >= 0.3 is 0 Å². The summed E-state index contributed by atoms with van der Waals surface area (Å²) >= 11 is 0. The van der Waals surface area contributed by atoms with Crippen molar-refractivity contribution in [1.29, 1.82) is 0 Å². The van der Waals surface area contributed by atoms with E-state index in [9.17, 15) is 0 Å². The molecule has 0 aromatic heterocycles. The average Bonchev–Trinajstić information content (AvgIpc) is 2.04. The zero-order valence-corrected chi connectivity index (χ0v) is 10.5. The van der Waals surface area contributed by atoms with Crippen LogP contribution in [0.5, 0.6) is 0 Å². The van der Waals surface area contributed by atoms with E-state index >= 15 is 0 Å². The van der Waals surface area contributed by atoms with Crippen LogP contribution >= 0.6 is 0 Å². The second-order valence-corrected chi connectivity index (χ2v) is 5.37. The molecule has 0 aliphatic carbocycles. The molecule has 0 aliphatic heterocycles. The Hall–Kier alpha value is 0. The fourth-order valence-corrected chi connectivity index (χ4v) is 1.88. The molecule has 2 atom stereocenters. The first-order valence-corrected chi connectivity index (χ1v) is 5.94. The molecule has 2 unspecified atom stereocenters. The van der Waals surface area contributed by atoms with E-state index in [4.69, 9.17) is 0 Å². The maximum absolute atomic E-state index is 2.41. The van der Waals surface area contributed by atoms with Crippen LogP contribution in [0.1, 0.15) is 67.2 Å². The van der Waals surface area contributed by atoms with Crippen LogP contribution in [-0.4, -0.2) is 0 Å². The van der Waals surface area contributed by atoms with Crippen molar-refractivity contribution in [2.45, 2.75) is 67.2 Å². The predicted molar refractivity (Wildman–Crippen MR) is 61.9 cm³/mol. The molecule has 80 valence electrons. The highest BCUT2D eigenvalue weighted by Gasteiger charge is 2.24. The van der Waals surface area contributed by atoms with Crippen molar-refractivity contribution >= 4 is 0 Å². The van der Waals surface area contributed by atoms with Crippen molar-refractivity contribution in [3.63, 3.8) is 0 Å². The molecule has 0 radical (unpaired) electrons. The van der Waals surface area contributed by atoms with E-state index < -0.39 is 0 Å². The van der Waals surface area contributed by atoms with Gasteiger partial charge in [0, 0.05) is 0 Å². The SMILES string of the molecule is CCCC(C)CC(C)C(C)(C)CC. The minimum atomic E-state index is 0.530. The minimum absolute atomic E-state index is 0.530. The standard InChI is InChI=1S/C13H28/c1-7-9-11(3)10-12(4)13(5,6)8-2/h11-12H,7-10H2,1-6H3. The third kappa shape index (κ3) is 4.69. The predicted octanol–water partition coefficient (Wildman–Crippen LogP) is 4.89. The third-order valence-electron chi connectivity index (χ3n) is 3.78. The summed E-state index contributed by atoms with van der Waals surface area (Å²) in [5.74, 6) is 1.77. The molecule has 0 heteroatoms. The lowest BCUT2D eigenvalue weighted by Gasteiger charge is -2.32. The molecule has 0 aliphatic rings. The van der Waals surface area contributed by atoms with E-state index in [1.54, 1.807) is 0 Å². The highest BCUT2D eigenvalue weighted by atomic mass is 14.3. The molecule has 0 aromatic carbocycles. The smallest absolute Gasteiger partial charge is 0.0331 e. The van der Waals surface area contributed by atoms with Crippen LogP contribution in [0.25, 0.3) is 0 Å². The van der Waals surface area contributed by atoms with Crippen LogP contribution in [0.4, 0.5) is 0 Å². The maximum Gasteiger partial charge on any atom is -0.0331 e. The molecule has 0 saturated carbocycles. The second-order valence-electron chi connectivity index (χ2n) is 5.37. The van der Waals surface area contributed by atoms with Crippen LogP contribution in [0, 0.1) is 17.3 Å². The Bertz CT molecular complexity index is 124. The first kappa shape index (κ1) is 13.0. The van der Waals surface area contributed by atoms with E-state index in [1.165, 1.54) is 25.7 Å². The Kier molecular flexibility index (Phi) is 5.67. The van der Waals surface area contributed by atoms with Gasteiger partial charge in [-0.15, -0.1) is 0 Å². The third-order valence-corrected chi connectivity index (χ3v) is 3.78. The molecule has 0 saturated heterocycles. The Morgan fingerprint density at radius 1 is 1.08 bits per heavy atom. The van der Waals surface area contributed by atoms with Gasteiger partial charge in [0.1, 0.15) is 0 Å². The lowest BCUT2D eigenvalue weighted by molar-refractivity contribution is 0.184. The van der Waals surface area contributed by atoms with Crippen molar-refractivity contribution in [1.82, 2.24) is 0 Å². The largest absolute Gasteiger partial charge is 0.0654 e. The molecule has 0 aromatic rings. The van der Waals surface area contributed by atoms with Crippen molar-refractivity contribution < 1.29 is 0 Å². The van der Waals surface area contributed by atoms with Crippen molar-refractivity contribution in [2.75, 3.05) is 0 Å². The maximum atomic E-state index is 2.41. The van der Waals surface area contributed by atoms with E-state index in [1.807, 2.05) is 0 Å². The van der Waals surface area contributed by atoms with Crippen molar-refractivity contribution in [3.05, 3.63) is 0 Å². The first-order valence-electron chi connectivity index (χ1n) is 5.94. The van der Waals surface area contributed by atoms with E-state index in [-0.39, 0.29) is 0 Å². The van der Waals surface area contributed by atoms with Crippen LogP contribution in [0.3, 0.4) is 0 Å². The summed E-state index contributed by atoms with van der Waals surface area (Å²) in [6.07, 6.45) is 5.42. The molecule has 0 bridgehead atoms. The van der Waals surface area contributed by atoms with Gasteiger partial charge in [0.25, 0.3) is 0 Å². The van der Waals surface area contributed by atoms with Gasteiger partial charge in [-0.3, -0.25) is 0 Å². The molecule has 13 heavy (non-hydrogen) atoms. The van der Waals surface area contributed by atoms with Crippen LogP contribution in [0.2, 0.25) is 0 Å². The van der Waals surface area contributed by atoms with Crippen LogP contribution in [-0.2, 0) is 0 Å². The van der Waals surface area contributed by atoms with Gasteiger partial charge in [-0.25, -0.2) is 0 Å². The highest BCUT2D eigenvalue weighted by Crippen LogP contribution is 2.35. The van der Waals surface area contributed by atoms with Gasteiger partial charge in [-0.1, -0.05) is 60.8 Å². The number of hydrogen-bond donors (Lipinski definition) is 0. The lowest BCUT2D eigenvalue weighted by atomic mass is 9.73. The van der Waals surface area contributed by atoms with E-state index in [0.29, 0.717) is 5.41 Å². The van der Waals surface area contributed by atoms with Crippen molar-refractivity contribution in [3.8, 4) is 0 Å². The van der Waals surface area contributed by atoms with Gasteiger partial charge in [-0.2, -0.15) is 0 Å². The lowest BCUT2D eigenvalue weighted by Crippen LogP contribution is -2.22. The Balaban J connectivity index is 3.91. The molecular formula is C13H28. The Morgan fingerprint density at radius 2 is 1.62 bits per heavy atom. The molecule has 0 fully saturated rings. The molecule has 0 heterocycles. The summed E-state index contributed by atoms with van der Waals surface area (Å²) in [4.78, 5) is 0. The number of rotatable bonds is 6. The fraction of sp³-hybridized carbons (Fsp3) is 1.00. The van der Waals surface area contributed by atoms with Gasteiger partial charge < -0.3 is 0 Å². The van der Waals surface area contributed by atoms with E-state index in [2.05, 4.69) is 41.5 Å². The fourth-order valence-electron chi connectivity index (χ4n) is 1.88. The quantitative estimate of drug-likeness (QED) is 0.551. The second kappa shape index (κ2) is 5.67. The summed E-state index contributed by atoms with van der Waals surface area (Å²) in [5, 5.41) is 0. The van der Waals surface area contributed by atoms with Gasteiger partial charge in [0.05, 0.1) is 0 Å². The topological polar surface area (TPSA) is 0 Å². The van der Waals surface area contributed by atoms with Crippen LogP contribution < -0.4 is 0 Å². The zero-order chi connectivity index (χ0) is 10.5. The van der Waals surface area contributed by atoms with Crippen LogP contribution in [0.15, 0.2) is 0 Å². The summed E-state index contributed by atoms with van der Waals surface area (Å²) < 4.78 is 0. The summed E-state index contributed by atoms with van der Waals surface area (Å²) in [6, 6.07) is 0. The molecule has 0 N–H and O–H groups in total. The molecule has 0 rings (SSSR count). The summed E-state index contributed by atoms with van der Waals surface area (Å²) in [6.45, 7) is 14.2. The molecule has 0 nitrogen and oxygen atoms in total. The number of hydrogen-bond acceptors (Lipinski definition) is 0. The van der Waals surface area contributed by atoms with Gasteiger partial charge in [0.2, 0.25) is 0 Å². The molecule has 0 spiro atoms. The first-order chi connectivity index (χ1) is 5.94. The van der Waals surface area contributed by atoms with Gasteiger partial charge in [0.15, 0.2) is 0 Å². The normalized spacial score (nSPS) is 17.1. The van der Waals surface area contributed by atoms with E-state index in [0.717, 1.165) is 11.8 Å². The van der Waals surface area contributed by atoms with Crippen molar-refractivity contribution in [2.24, 2.45) is 17.3 Å². The molecule has 0 amide bonds. The van der Waals surface area contributed by atoms with Gasteiger partial charge in [-0.05, 0) is 23.7 Å². The minimum Gasteiger partial charge on any atom is -0.0654 e. The monoisotopic (exact) mass is 184 g/mol. The average molecular weight is 184 g/mol. The zero-order valence-electron chi connectivity index (χ0n) is 10.5. The highest BCUT2D eigenvalue weighted by molar-refractivity contribution is 4.75. The Morgan fingerprint density at radius 3 is 2.00 bits per heavy atom. The summed E-state index contributed by atoms with van der Waals surface area (Å²) in [5.41, 5.74) is 0.530. The summed E-state index contributed by atoms with van der Waals surface area (Å²) in [7, 11) is 0.